The van der Waals surface area contributed by atoms with Crippen LogP contribution in [-0.2, 0) is 6.42 Å². The minimum atomic E-state index is -0.216. The molecule has 0 atom stereocenters. The molecule has 2 aromatic rings. The van der Waals surface area contributed by atoms with Crippen LogP contribution in [0.5, 0.6) is 0 Å². The predicted molar refractivity (Wildman–Crippen MR) is 64.5 cm³/mol. The standard InChI is InChI=1S/C11H10ClFN2S/c1-7-2-3-8(6-9(7)13)11-15-14-10(16-11)4-5-12/h2-3,6H,4-5H2,1H3. The Hall–Kier alpha value is -1.00. The van der Waals surface area contributed by atoms with Crippen molar-refractivity contribution in [3.05, 3.63) is 34.6 Å². The summed E-state index contributed by atoms with van der Waals surface area (Å²) in [6.45, 7) is 1.73. The van der Waals surface area contributed by atoms with E-state index in [2.05, 4.69) is 10.2 Å². The highest BCUT2D eigenvalue weighted by molar-refractivity contribution is 7.14. The second kappa shape index (κ2) is 4.89. The number of hydrogen-bond acceptors (Lipinski definition) is 3. The molecule has 2 rings (SSSR count). The van der Waals surface area contributed by atoms with Crippen LogP contribution in [0.15, 0.2) is 18.2 Å². The SMILES string of the molecule is Cc1ccc(-c2nnc(CCCl)s2)cc1F. The van der Waals surface area contributed by atoms with Crippen molar-refractivity contribution in [3.63, 3.8) is 0 Å². The average Bonchev–Trinajstić information content (AvgIpc) is 2.71. The van der Waals surface area contributed by atoms with Crippen molar-refractivity contribution in [2.45, 2.75) is 13.3 Å². The zero-order chi connectivity index (χ0) is 11.5. The van der Waals surface area contributed by atoms with Gasteiger partial charge in [0.05, 0.1) is 0 Å². The molecule has 0 saturated carbocycles. The topological polar surface area (TPSA) is 25.8 Å². The predicted octanol–water partition coefficient (Wildman–Crippen LogP) is 3.43. The summed E-state index contributed by atoms with van der Waals surface area (Å²) in [7, 11) is 0. The first-order valence-corrected chi connectivity index (χ1v) is 6.20. The zero-order valence-electron chi connectivity index (χ0n) is 8.70. The smallest absolute Gasteiger partial charge is 0.147 e. The van der Waals surface area contributed by atoms with Gasteiger partial charge < -0.3 is 0 Å². The Bertz CT molecular complexity index is 498. The van der Waals surface area contributed by atoms with E-state index in [1.807, 2.05) is 6.07 Å². The number of aromatic nitrogens is 2. The number of alkyl halides is 1. The van der Waals surface area contributed by atoms with Crippen molar-refractivity contribution < 1.29 is 4.39 Å². The molecule has 0 N–H and O–H groups in total. The fourth-order valence-corrected chi connectivity index (χ4v) is 2.40. The van der Waals surface area contributed by atoms with E-state index in [0.29, 0.717) is 17.9 Å². The summed E-state index contributed by atoms with van der Waals surface area (Å²) in [4.78, 5) is 0. The lowest BCUT2D eigenvalue weighted by Gasteiger charge is -1.98. The van der Waals surface area contributed by atoms with E-state index >= 15 is 0 Å². The highest BCUT2D eigenvalue weighted by Crippen LogP contribution is 2.25. The van der Waals surface area contributed by atoms with Crippen LogP contribution in [0, 0.1) is 12.7 Å². The van der Waals surface area contributed by atoms with Crippen LogP contribution < -0.4 is 0 Å². The maximum absolute atomic E-state index is 13.4. The average molecular weight is 257 g/mol. The van der Waals surface area contributed by atoms with Gasteiger partial charge in [0.1, 0.15) is 15.8 Å². The van der Waals surface area contributed by atoms with E-state index in [9.17, 15) is 4.39 Å². The van der Waals surface area contributed by atoms with E-state index in [-0.39, 0.29) is 5.82 Å². The number of halogens is 2. The summed E-state index contributed by atoms with van der Waals surface area (Å²) in [5.41, 5.74) is 1.40. The number of nitrogens with zero attached hydrogens (tertiary/aromatic N) is 2. The lowest BCUT2D eigenvalue weighted by molar-refractivity contribution is 0.619. The highest BCUT2D eigenvalue weighted by Gasteiger charge is 2.08. The molecule has 16 heavy (non-hydrogen) atoms. The maximum Gasteiger partial charge on any atom is 0.147 e. The van der Waals surface area contributed by atoms with E-state index < -0.39 is 0 Å². The van der Waals surface area contributed by atoms with E-state index in [4.69, 9.17) is 11.6 Å². The first-order chi connectivity index (χ1) is 7.70. The number of benzene rings is 1. The molecule has 0 fully saturated rings. The molecule has 0 spiro atoms. The largest absolute Gasteiger partial charge is 0.207 e. The highest BCUT2D eigenvalue weighted by atomic mass is 35.5. The Morgan fingerprint density at radius 3 is 2.88 bits per heavy atom. The molecule has 5 heteroatoms. The second-order valence-corrected chi connectivity index (χ2v) is 4.84. The van der Waals surface area contributed by atoms with Gasteiger partial charge in [0.25, 0.3) is 0 Å². The van der Waals surface area contributed by atoms with Gasteiger partial charge in [0.15, 0.2) is 0 Å². The van der Waals surface area contributed by atoms with Gasteiger partial charge in [0.2, 0.25) is 0 Å². The van der Waals surface area contributed by atoms with Crippen molar-refractivity contribution >= 4 is 22.9 Å². The molecule has 0 aliphatic carbocycles. The molecular formula is C11H10ClFN2S. The van der Waals surface area contributed by atoms with Crippen LogP contribution in [0.4, 0.5) is 4.39 Å². The Morgan fingerprint density at radius 1 is 1.38 bits per heavy atom. The van der Waals surface area contributed by atoms with Crippen LogP contribution in [0.1, 0.15) is 10.6 Å². The first-order valence-electron chi connectivity index (χ1n) is 4.85. The van der Waals surface area contributed by atoms with Gasteiger partial charge in [-0.2, -0.15) is 0 Å². The summed E-state index contributed by atoms with van der Waals surface area (Å²) in [5.74, 6) is 0.309. The molecule has 0 aliphatic heterocycles. The van der Waals surface area contributed by atoms with Gasteiger partial charge in [-0.1, -0.05) is 23.5 Å². The van der Waals surface area contributed by atoms with Crippen molar-refractivity contribution in [2.24, 2.45) is 0 Å². The van der Waals surface area contributed by atoms with E-state index in [0.717, 1.165) is 15.6 Å². The second-order valence-electron chi connectivity index (χ2n) is 3.40. The Labute approximate surface area is 102 Å². The van der Waals surface area contributed by atoms with Gasteiger partial charge in [-0.3, -0.25) is 0 Å². The third-order valence-corrected chi connectivity index (χ3v) is 3.42. The van der Waals surface area contributed by atoms with Gasteiger partial charge in [-0.15, -0.1) is 21.8 Å². The summed E-state index contributed by atoms with van der Waals surface area (Å²) >= 11 is 7.07. The summed E-state index contributed by atoms with van der Waals surface area (Å²) in [6.07, 6.45) is 0.702. The third-order valence-electron chi connectivity index (χ3n) is 2.19. The third kappa shape index (κ3) is 2.39. The van der Waals surface area contributed by atoms with Crippen molar-refractivity contribution in [2.75, 3.05) is 5.88 Å². The van der Waals surface area contributed by atoms with Gasteiger partial charge >= 0.3 is 0 Å². The zero-order valence-corrected chi connectivity index (χ0v) is 10.3. The molecule has 0 radical (unpaired) electrons. The quantitative estimate of drug-likeness (QED) is 0.787. The number of aryl methyl sites for hydroxylation is 2. The molecule has 0 bridgehead atoms. The molecule has 0 aliphatic rings. The number of hydrogen-bond donors (Lipinski definition) is 0. The Morgan fingerprint density at radius 2 is 2.19 bits per heavy atom. The van der Waals surface area contributed by atoms with Crippen LogP contribution in [0.3, 0.4) is 0 Å². The molecule has 1 aromatic carbocycles. The lowest BCUT2D eigenvalue weighted by atomic mass is 10.1. The minimum absolute atomic E-state index is 0.216. The van der Waals surface area contributed by atoms with Crippen LogP contribution in [0.2, 0.25) is 0 Å². The number of rotatable bonds is 3. The normalized spacial score (nSPS) is 10.7. The van der Waals surface area contributed by atoms with Crippen LogP contribution in [-0.4, -0.2) is 16.1 Å². The lowest BCUT2D eigenvalue weighted by Crippen LogP contribution is -1.84. The van der Waals surface area contributed by atoms with E-state index in [1.54, 1.807) is 13.0 Å². The van der Waals surface area contributed by atoms with E-state index in [1.165, 1.54) is 17.4 Å². The Balaban J connectivity index is 2.31. The minimum Gasteiger partial charge on any atom is -0.207 e. The van der Waals surface area contributed by atoms with Gasteiger partial charge in [-0.05, 0) is 18.6 Å². The van der Waals surface area contributed by atoms with Crippen LogP contribution >= 0.6 is 22.9 Å². The monoisotopic (exact) mass is 256 g/mol. The molecule has 84 valence electrons. The van der Waals surface area contributed by atoms with Gasteiger partial charge in [0, 0.05) is 17.9 Å². The van der Waals surface area contributed by atoms with Crippen molar-refractivity contribution in [1.29, 1.82) is 0 Å². The molecule has 0 amide bonds. The summed E-state index contributed by atoms with van der Waals surface area (Å²) < 4.78 is 13.4. The molecule has 1 aromatic heterocycles. The van der Waals surface area contributed by atoms with Crippen molar-refractivity contribution in [1.82, 2.24) is 10.2 Å². The summed E-state index contributed by atoms with van der Waals surface area (Å²) in [6, 6.07) is 5.08. The fraction of sp³-hybridized carbons (Fsp3) is 0.273. The maximum atomic E-state index is 13.4. The fourth-order valence-electron chi connectivity index (χ4n) is 1.28. The van der Waals surface area contributed by atoms with Crippen LogP contribution in [0.25, 0.3) is 10.6 Å². The molecule has 1 heterocycles. The molecule has 0 unspecified atom stereocenters. The Kier molecular flexibility index (Phi) is 3.51. The molecular weight excluding hydrogens is 247 g/mol. The van der Waals surface area contributed by atoms with Crippen molar-refractivity contribution in [3.8, 4) is 10.6 Å². The molecule has 2 nitrogen and oxygen atoms in total. The first kappa shape index (κ1) is 11.5. The summed E-state index contributed by atoms with van der Waals surface area (Å²) in [5, 5.41) is 9.63. The van der Waals surface area contributed by atoms with Gasteiger partial charge in [-0.25, -0.2) is 4.39 Å². The molecule has 0 saturated heterocycles.